The maximum atomic E-state index is 6.30. The molecule has 1 aliphatic heterocycles. The second-order valence-electron chi connectivity index (χ2n) is 4.91. The van der Waals surface area contributed by atoms with E-state index < -0.39 is 0 Å². The normalized spacial score (nSPS) is 19.4. The average Bonchev–Trinajstić information content (AvgIpc) is 2.33. The van der Waals surface area contributed by atoms with E-state index in [4.69, 9.17) is 17.3 Å². The monoisotopic (exact) mass is 253 g/mol. The highest BCUT2D eigenvalue weighted by Gasteiger charge is 2.23. The number of hydrogen-bond acceptors (Lipinski definition) is 3. The highest BCUT2D eigenvalue weighted by molar-refractivity contribution is 6.33. The largest absolute Gasteiger partial charge is 0.370 e. The second kappa shape index (κ2) is 5.23. The van der Waals surface area contributed by atoms with Gasteiger partial charge in [0.2, 0.25) is 0 Å². The van der Waals surface area contributed by atoms with Gasteiger partial charge in [0.15, 0.2) is 0 Å². The number of aromatic nitrogens is 1. The molecule has 0 spiro atoms. The molecule has 1 unspecified atom stereocenters. The van der Waals surface area contributed by atoms with E-state index >= 15 is 0 Å². The lowest BCUT2D eigenvalue weighted by atomic mass is 9.91. The molecule has 1 fully saturated rings. The third-order valence-electron chi connectivity index (χ3n) is 3.67. The van der Waals surface area contributed by atoms with Gasteiger partial charge in [-0.25, -0.2) is 0 Å². The quantitative estimate of drug-likeness (QED) is 0.881. The molecule has 0 aromatic carbocycles. The molecule has 0 bridgehead atoms. The van der Waals surface area contributed by atoms with Gasteiger partial charge in [0.05, 0.1) is 16.4 Å². The molecule has 0 amide bonds. The molecule has 17 heavy (non-hydrogen) atoms. The van der Waals surface area contributed by atoms with Crippen LogP contribution in [-0.4, -0.2) is 24.1 Å². The van der Waals surface area contributed by atoms with Gasteiger partial charge >= 0.3 is 0 Å². The number of pyridine rings is 1. The third kappa shape index (κ3) is 2.72. The Bertz CT molecular complexity index is 384. The van der Waals surface area contributed by atoms with Crippen molar-refractivity contribution in [3.8, 4) is 0 Å². The maximum Gasteiger partial charge on any atom is 0.0851 e. The number of hydrogen-bond donors (Lipinski definition) is 1. The first-order chi connectivity index (χ1) is 8.09. The molecule has 0 saturated carbocycles. The average molecular weight is 254 g/mol. The molecule has 3 nitrogen and oxygen atoms in total. The number of aryl methyl sites for hydroxylation is 1. The first-order valence-electron chi connectivity index (χ1n) is 6.21. The molecule has 0 radical (unpaired) electrons. The highest BCUT2D eigenvalue weighted by Crippen LogP contribution is 2.31. The summed E-state index contributed by atoms with van der Waals surface area (Å²) in [6, 6.07) is 2.30. The van der Waals surface area contributed by atoms with Crippen molar-refractivity contribution in [2.24, 2.45) is 11.7 Å². The number of rotatable bonds is 2. The van der Waals surface area contributed by atoms with Gasteiger partial charge in [0, 0.05) is 25.3 Å². The van der Waals surface area contributed by atoms with E-state index in [1.807, 2.05) is 19.2 Å². The number of anilines is 1. The van der Waals surface area contributed by atoms with Gasteiger partial charge in [-0.05, 0) is 38.7 Å². The maximum absolute atomic E-state index is 6.30. The summed E-state index contributed by atoms with van der Waals surface area (Å²) < 4.78 is 0. The molecule has 4 heteroatoms. The summed E-state index contributed by atoms with van der Waals surface area (Å²) in [6.45, 7) is 6.12. The molecule has 2 heterocycles. The first-order valence-corrected chi connectivity index (χ1v) is 6.59. The van der Waals surface area contributed by atoms with Crippen LogP contribution in [0.1, 0.15) is 25.5 Å². The SMILES string of the molecule is Cc1nccc(N2CCC(C(C)N)CC2)c1Cl. The van der Waals surface area contributed by atoms with Crippen LogP contribution >= 0.6 is 11.6 Å². The van der Waals surface area contributed by atoms with Crippen LogP contribution in [0.2, 0.25) is 5.02 Å². The Morgan fingerprint density at radius 2 is 2.12 bits per heavy atom. The van der Waals surface area contributed by atoms with E-state index in [0.717, 1.165) is 42.3 Å². The Hall–Kier alpha value is -0.800. The van der Waals surface area contributed by atoms with Crippen molar-refractivity contribution in [1.82, 2.24) is 4.98 Å². The van der Waals surface area contributed by atoms with E-state index in [-0.39, 0.29) is 0 Å². The Labute approximate surface area is 108 Å². The topological polar surface area (TPSA) is 42.2 Å². The Morgan fingerprint density at radius 1 is 1.47 bits per heavy atom. The van der Waals surface area contributed by atoms with Crippen molar-refractivity contribution in [3.63, 3.8) is 0 Å². The molecule has 94 valence electrons. The van der Waals surface area contributed by atoms with Gasteiger partial charge in [-0.2, -0.15) is 0 Å². The molecule has 1 aliphatic rings. The van der Waals surface area contributed by atoms with Crippen LogP contribution in [0.4, 0.5) is 5.69 Å². The van der Waals surface area contributed by atoms with Crippen LogP contribution in [-0.2, 0) is 0 Å². The predicted octanol–water partition coefficient (Wildman–Crippen LogP) is 2.61. The first kappa shape index (κ1) is 12.7. The van der Waals surface area contributed by atoms with Crippen molar-refractivity contribution in [2.45, 2.75) is 32.7 Å². The van der Waals surface area contributed by atoms with Gasteiger partial charge in [-0.15, -0.1) is 0 Å². The van der Waals surface area contributed by atoms with Crippen molar-refractivity contribution in [2.75, 3.05) is 18.0 Å². The zero-order valence-electron chi connectivity index (χ0n) is 10.5. The van der Waals surface area contributed by atoms with Gasteiger partial charge in [0.25, 0.3) is 0 Å². The summed E-state index contributed by atoms with van der Waals surface area (Å²) in [7, 11) is 0. The Kier molecular flexibility index (Phi) is 3.89. The fourth-order valence-electron chi connectivity index (χ4n) is 2.45. The fraction of sp³-hybridized carbons (Fsp3) is 0.615. The number of nitrogens with zero attached hydrogens (tertiary/aromatic N) is 2. The summed E-state index contributed by atoms with van der Waals surface area (Å²) in [5, 5.41) is 0.784. The zero-order chi connectivity index (χ0) is 12.4. The summed E-state index contributed by atoms with van der Waals surface area (Å²) in [5.74, 6) is 0.646. The van der Waals surface area contributed by atoms with Gasteiger partial charge in [0.1, 0.15) is 0 Å². The minimum absolute atomic E-state index is 0.298. The van der Waals surface area contributed by atoms with Crippen molar-refractivity contribution >= 4 is 17.3 Å². The zero-order valence-corrected chi connectivity index (χ0v) is 11.2. The molecular weight excluding hydrogens is 234 g/mol. The van der Waals surface area contributed by atoms with Crippen LogP contribution in [0.3, 0.4) is 0 Å². The van der Waals surface area contributed by atoms with E-state index in [1.54, 1.807) is 0 Å². The smallest absolute Gasteiger partial charge is 0.0851 e. The lowest BCUT2D eigenvalue weighted by Crippen LogP contribution is -2.39. The van der Waals surface area contributed by atoms with Gasteiger partial charge < -0.3 is 10.6 Å². The molecule has 1 aromatic rings. The predicted molar refractivity (Wildman–Crippen MR) is 72.6 cm³/mol. The third-order valence-corrected chi connectivity index (χ3v) is 4.13. The van der Waals surface area contributed by atoms with E-state index in [9.17, 15) is 0 Å². The molecular formula is C13H20ClN3. The van der Waals surface area contributed by atoms with Crippen molar-refractivity contribution < 1.29 is 0 Å². The number of piperidine rings is 1. The standard InChI is InChI=1S/C13H20ClN3/c1-9(15)11-4-7-17(8-5-11)12-3-6-16-10(2)13(12)14/h3,6,9,11H,4-5,7-8,15H2,1-2H3. The molecule has 2 rings (SSSR count). The van der Waals surface area contributed by atoms with E-state index in [1.165, 1.54) is 0 Å². The van der Waals surface area contributed by atoms with E-state index in [2.05, 4.69) is 16.8 Å². The summed E-state index contributed by atoms with van der Waals surface area (Å²) in [5.41, 5.74) is 7.97. The Balaban J connectivity index is 2.08. The second-order valence-corrected chi connectivity index (χ2v) is 5.29. The van der Waals surface area contributed by atoms with Gasteiger partial charge in [-0.3, -0.25) is 4.98 Å². The van der Waals surface area contributed by atoms with Crippen LogP contribution in [0, 0.1) is 12.8 Å². The molecule has 0 aliphatic carbocycles. The van der Waals surface area contributed by atoms with Crippen LogP contribution in [0.15, 0.2) is 12.3 Å². The van der Waals surface area contributed by atoms with Crippen LogP contribution in [0.5, 0.6) is 0 Å². The summed E-state index contributed by atoms with van der Waals surface area (Å²) in [4.78, 5) is 6.54. The highest BCUT2D eigenvalue weighted by atomic mass is 35.5. The van der Waals surface area contributed by atoms with Crippen molar-refractivity contribution in [1.29, 1.82) is 0 Å². The Morgan fingerprint density at radius 3 is 2.71 bits per heavy atom. The van der Waals surface area contributed by atoms with Crippen molar-refractivity contribution in [3.05, 3.63) is 23.0 Å². The molecule has 1 aromatic heterocycles. The van der Waals surface area contributed by atoms with Crippen LogP contribution in [0.25, 0.3) is 0 Å². The van der Waals surface area contributed by atoms with Gasteiger partial charge in [-0.1, -0.05) is 11.6 Å². The fourth-order valence-corrected chi connectivity index (χ4v) is 2.68. The molecule has 2 N–H and O–H groups in total. The minimum atomic E-state index is 0.298. The summed E-state index contributed by atoms with van der Waals surface area (Å²) >= 11 is 6.30. The lowest BCUT2D eigenvalue weighted by molar-refractivity contribution is 0.354. The molecule has 1 atom stereocenters. The van der Waals surface area contributed by atoms with Crippen LogP contribution < -0.4 is 10.6 Å². The van der Waals surface area contributed by atoms with E-state index in [0.29, 0.717) is 12.0 Å². The minimum Gasteiger partial charge on any atom is -0.370 e. The summed E-state index contributed by atoms with van der Waals surface area (Å²) in [6.07, 6.45) is 4.12. The number of halogens is 1. The lowest BCUT2D eigenvalue weighted by Gasteiger charge is -2.35. The number of nitrogens with two attached hydrogens (primary N) is 1. The molecule has 1 saturated heterocycles.